The first kappa shape index (κ1) is 28.9. The van der Waals surface area contributed by atoms with Gasteiger partial charge in [-0.15, -0.1) is 0 Å². The number of nitrogens with zero attached hydrogens (tertiary/aromatic N) is 1. The number of benzene rings is 2. The van der Waals surface area contributed by atoms with Crippen LogP contribution in [0.25, 0.3) is 5.76 Å². The lowest BCUT2D eigenvalue weighted by Gasteiger charge is -2.32. The smallest absolute Gasteiger partial charge is 0.349 e. The van der Waals surface area contributed by atoms with Crippen molar-refractivity contribution in [3.8, 4) is 0 Å². The Kier molecular flexibility index (Phi) is 8.07. The minimum absolute atomic E-state index is 0.0361. The highest BCUT2D eigenvalue weighted by Crippen LogP contribution is 2.33. The zero-order chi connectivity index (χ0) is 28.5. The fourth-order valence-electron chi connectivity index (χ4n) is 4.22. The number of hydrogen-bond donors (Lipinski definition) is 2. The van der Waals surface area contributed by atoms with Gasteiger partial charge in [0.2, 0.25) is 5.84 Å². The van der Waals surface area contributed by atoms with E-state index >= 15 is 0 Å². The molecule has 1 unspecified atom stereocenters. The van der Waals surface area contributed by atoms with Crippen LogP contribution in [0.3, 0.4) is 0 Å². The molecule has 2 N–H and O–H groups in total. The number of esters is 1. The molecular weight excluding hydrogens is 490 g/mol. The van der Waals surface area contributed by atoms with Gasteiger partial charge in [-0.25, -0.2) is 19.0 Å². The molecule has 0 fully saturated rings. The average Bonchev–Trinajstić information content (AvgIpc) is 2.81. The highest BCUT2D eigenvalue weighted by atomic mass is 19.1. The molecule has 0 radical (unpaired) electrons. The summed E-state index contributed by atoms with van der Waals surface area (Å²) in [7, 11) is 1.53. The van der Waals surface area contributed by atoms with Crippen molar-refractivity contribution in [3.63, 3.8) is 0 Å². The number of aryl methyl sites for hydroxylation is 1. The molecule has 1 aliphatic heterocycles. The van der Waals surface area contributed by atoms with Crippen LogP contribution in [0.5, 0.6) is 0 Å². The summed E-state index contributed by atoms with van der Waals surface area (Å²) in [6, 6.07) is 9.96. The molecule has 1 amide bonds. The molecule has 0 aliphatic carbocycles. The van der Waals surface area contributed by atoms with E-state index in [1.54, 1.807) is 12.1 Å². The van der Waals surface area contributed by atoms with Crippen LogP contribution >= 0.6 is 0 Å². The van der Waals surface area contributed by atoms with Crippen LogP contribution in [0.2, 0.25) is 0 Å². The van der Waals surface area contributed by atoms with Crippen molar-refractivity contribution < 1.29 is 28.2 Å². The molecule has 2 aromatic carbocycles. The van der Waals surface area contributed by atoms with Gasteiger partial charge in [0.05, 0.1) is 23.6 Å². The Morgan fingerprint density at radius 1 is 1.03 bits per heavy atom. The maximum Gasteiger partial charge on any atom is 0.349 e. The summed E-state index contributed by atoms with van der Waals surface area (Å²) in [5, 5.41) is 19.5. The van der Waals surface area contributed by atoms with Gasteiger partial charge in [-0.1, -0.05) is 12.1 Å². The molecule has 0 bridgehead atoms. The molecule has 6 nitrogen and oxygen atoms in total. The Morgan fingerprint density at radius 3 is 2.24 bits per heavy atom. The highest BCUT2D eigenvalue weighted by molar-refractivity contribution is 6.25. The number of aliphatic hydroxyl groups excluding tert-OH is 1. The van der Waals surface area contributed by atoms with Gasteiger partial charge in [0.25, 0.3) is 0 Å². The van der Waals surface area contributed by atoms with E-state index in [0.717, 1.165) is 24.1 Å². The summed E-state index contributed by atoms with van der Waals surface area (Å²) in [5.74, 6) is -3.20. The monoisotopic (exact) mass is 525 g/mol. The van der Waals surface area contributed by atoms with Gasteiger partial charge >= 0.3 is 11.9 Å². The van der Waals surface area contributed by atoms with Crippen molar-refractivity contribution in [2.24, 2.45) is 5.41 Å². The Hall–Kier alpha value is -3.65. The predicted molar refractivity (Wildman–Crippen MR) is 145 cm³/mol. The van der Waals surface area contributed by atoms with E-state index in [0.29, 0.717) is 24.6 Å². The van der Waals surface area contributed by atoms with Gasteiger partial charge in [-0.05, 0) is 77.7 Å². The molecule has 1 aliphatic rings. The van der Waals surface area contributed by atoms with Gasteiger partial charge in [-0.3, -0.25) is 4.79 Å². The largest absolute Gasteiger partial charge is 0.506 e. The summed E-state index contributed by atoms with van der Waals surface area (Å²) in [6.45, 7) is 9.27. The number of carbonyl (C=O) groups is 2. The van der Waals surface area contributed by atoms with Crippen LogP contribution in [0.4, 0.5) is 14.5 Å². The van der Waals surface area contributed by atoms with Crippen molar-refractivity contribution in [2.45, 2.75) is 59.5 Å². The molecular formula is C30H35F2N2O4+. The summed E-state index contributed by atoms with van der Waals surface area (Å²) in [5.41, 5.74) is 0.0255. The lowest BCUT2D eigenvalue weighted by molar-refractivity contribution is -0.166. The van der Waals surface area contributed by atoms with Crippen molar-refractivity contribution in [1.82, 2.24) is 4.48 Å². The number of carbonyl (C=O) groups excluding carboxylic acids is 2. The van der Waals surface area contributed by atoms with Crippen LogP contribution < -0.4 is 4.48 Å². The number of quaternary nitrogens is 1. The quantitative estimate of drug-likeness (QED) is 0.241. The summed E-state index contributed by atoms with van der Waals surface area (Å²) < 4.78 is 32.6. The number of rotatable bonds is 7. The molecule has 8 heteroatoms. The van der Waals surface area contributed by atoms with Crippen molar-refractivity contribution in [3.05, 3.63) is 83.0 Å². The maximum atomic E-state index is 14.3. The second kappa shape index (κ2) is 10.6. The van der Waals surface area contributed by atoms with Crippen LogP contribution in [0, 0.1) is 22.5 Å². The fraction of sp³-hybridized carbons (Fsp3) is 0.367. The highest BCUT2D eigenvalue weighted by Gasteiger charge is 2.44. The summed E-state index contributed by atoms with van der Waals surface area (Å²) in [4.78, 5) is 25.4. The SMILES string of the molecule is CC(C)(C)OC(=O)C(C)(C)CCCc1ccc([N+]2(C)C(=N)/C(=C(\O)c3ccc(F)cc3F)C=CC2=O)cc1. The number of likely N-dealkylation sites (N-methyl/N-ethyl adjacent to an activating group) is 1. The number of amidine groups is 1. The summed E-state index contributed by atoms with van der Waals surface area (Å²) >= 11 is 0. The van der Waals surface area contributed by atoms with Crippen molar-refractivity contribution >= 4 is 29.2 Å². The number of halogens is 2. The molecule has 0 saturated heterocycles. The van der Waals surface area contributed by atoms with E-state index in [4.69, 9.17) is 10.1 Å². The number of amides is 1. The number of nitrogens with one attached hydrogen (secondary N) is 1. The second-order valence-corrected chi connectivity index (χ2v) is 11.3. The fourth-order valence-corrected chi connectivity index (χ4v) is 4.22. The van der Waals surface area contributed by atoms with Gasteiger partial charge in [0.1, 0.15) is 28.7 Å². The van der Waals surface area contributed by atoms with E-state index in [1.807, 2.05) is 46.8 Å². The van der Waals surface area contributed by atoms with E-state index in [-0.39, 0.29) is 22.9 Å². The molecule has 1 heterocycles. The van der Waals surface area contributed by atoms with Gasteiger partial charge < -0.3 is 9.84 Å². The number of hydrogen-bond acceptors (Lipinski definition) is 5. The lowest BCUT2D eigenvalue weighted by atomic mass is 9.86. The molecule has 38 heavy (non-hydrogen) atoms. The molecule has 3 rings (SSSR count). The molecule has 2 aromatic rings. The first-order chi connectivity index (χ1) is 17.6. The van der Waals surface area contributed by atoms with Crippen LogP contribution in [0.1, 0.15) is 58.6 Å². The third kappa shape index (κ3) is 6.07. The van der Waals surface area contributed by atoms with E-state index in [9.17, 15) is 23.5 Å². The minimum atomic E-state index is -0.971. The molecule has 1 atom stereocenters. The predicted octanol–water partition coefficient (Wildman–Crippen LogP) is 6.64. The van der Waals surface area contributed by atoms with Gasteiger partial charge in [0.15, 0.2) is 0 Å². The average molecular weight is 526 g/mol. The zero-order valence-corrected chi connectivity index (χ0v) is 22.7. The van der Waals surface area contributed by atoms with E-state index in [1.165, 1.54) is 19.2 Å². The number of ether oxygens (including phenoxy) is 1. The maximum absolute atomic E-state index is 14.3. The Labute approximate surface area is 222 Å². The zero-order valence-electron chi connectivity index (χ0n) is 22.7. The standard InChI is InChI=1S/C30H34F2N2O4/c1-29(2,3)38-28(37)30(4,5)17-7-8-19-9-12-21(13-10-19)34(6)25(35)16-15-23(27(34)33)26(36)22-14-11-20(31)18-24(22)32/h9-16,18H,7-8,17H2,1-6H3,(H-,33,35,36)/p+1. The van der Waals surface area contributed by atoms with Crippen molar-refractivity contribution in [2.75, 3.05) is 7.05 Å². The molecule has 0 saturated carbocycles. The third-order valence-corrected chi connectivity index (χ3v) is 6.65. The Balaban J connectivity index is 1.78. The Bertz CT molecular complexity index is 1320. The third-order valence-electron chi connectivity index (χ3n) is 6.65. The van der Waals surface area contributed by atoms with Crippen LogP contribution in [0.15, 0.2) is 60.2 Å². The van der Waals surface area contributed by atoms with E-state index in [2.05, 4.69) is 0 Å². The normalized spacial score (nSPS) is 19.5. The van der Waals surface area contributed by atoms with Crippen molar-refractivity contribution in [1.29, 1.82) is 5.41 Å². The topological polar surface area (TPSA) is 87.5 Å². The Morgan fingerprint density at radius 2 is 1.66 bits per heavy atom. The van der Waals surface area contributed by atoms with Crippen LogP contribution in [-0.4, -0.2) is 35.5 Å². The lowest BCUT2D eigenvalue weighted by Crippen LogP contribution is -2.56. The molecule has 0 aromatic heterocycles. The minimum Gasteiger partial charge on any atom is -0.506 e. The van der Waals surface area contributed by atoms with E-state index < -0.39 is 38.8 Å². The van der Waals surface area contributed by atoms with Gasteiger partial charge in [0, 0.05) is 24.3 Å². The summed E-state index contributed by atoms with van der Waals surface area (Å²) in [6.07, 6.45) is 4.59. The van der Waals surface area contributed by atoms with Crippen LogP contribution in [-0.2, 0) is 20.7 Å². The number of aliphatic hydroxyl groups is 1. The first-order valence-electron chi connectivity index (χ1n) is 12.5. The molecule has 0 spiro atoms. The second-order valence-electron chi connectivity index (χ2n) is 11.3. The first-order valence-corrected chi connectivity index (χ1v) is 12.5. The van der Waals surface area contributed by atoms with Gasteiger partial charge in [-0.2, -0.15) is 4.48 Å². The molecule has 202 valence electrons.